The molecule has 0 aliphatic carbocycles. The molecule has 0 amide bonds. The Labute approximate surface area is 126 Å². The van der Waals surface area contributed by atoms with Crippen molar-refractivity contribution in [3.8, 4) is 5.75 Å². The Morgan fingerprint density at radius 2 is 2.11 bits per heavy atom. The van der Waals surface area contributed by atoms with Crippen molar-refractivity contribution in [2.24, 2.45) is 0 Å². The molecule has 0 saturated carbocycles. The summed E-state index contributed by atoms with van der Waals surface area (Å²) in [5, 5.41) is 6.52. The van der Waals surface area contributed by atoms with Crippen molar-refractivity contribution in [3.05, 3.63) is 44.8 Å². The van der Waals surface area contributed by atoms with Gasteiger partial charge >= 0.3 is 0 Å². The maximum atomic E-state index is 5.69. The number of nitrogens with one attached hydrogen (secondary N) is 1. The molecule has 5 heteroatoms. The van der Waals surface area contributed by atoms with Crippen molar-refractivity contribution >= 4 is 27.3 Å². The fraction of sp³-hybridized carbons (Fsp3) is 0.357. The van der Waals surface area contributed by atoms with Gasteiger partial charge in [-0.3, -0.25) is 0 Å². The molecule has 0 bridgehead atoms. The summed E-state index contributed by atoms with van der Waals surface area (Å²) >= 11 is 5.08. The van der Waals surface area contributed by atoms with E-state index in [1.807, 2.05) is 24.3 Å². The predicted molar refractivity (Wildman–Crippen MR) is 82.6 cm³/mol. The van der Waals surface area contributed by atoms with Crippen LogP contribution in [0.25, 0.3) is 0 Å². The van der Waals surface area contributed by atoms with Gasteiger partial charge in [0.05, 0.1) is 5.69 Å². The van der Waals surface area contributed by atoms with Crippen LogP contribution in [0.2, 0.25) is 0 Å². The lowest BCUT2D eigenvalue weighted by molar-refractivity contribution is 0.302. The third-order valence-corrected chi connectivity index (χ3v) is 3.93. The number of thiazole rings is 1. The third-order valence-electron chi connectivity index (χ3n) is 2.50. The standard InChI is InChI=1S/C14H17BrN2OS/c1-2-7-16-8-14-17-12(10-19-14)9-18-13-5-3-11(15)4-6-13/h3-6,10,16H,2,7-9H2,1H3. The molecule has 3 nitrogen and oxygen atoms in total. The zero-order valence-corrected chi connectivity index (χ0v) is 13.3. The van der Waals surface area contributed by atoms with Crippen molar-refractivity contribution in [1.29, 1.82) is 0 Å². The van der Waals surface area contributed by atoms with E-state index in [2.05, 4.69) is 38.5 Å². The van der Waals surface area contributed by atoms with E-state index in [1.54, 1.807) is 11.3 Å². The van der Waals surface area contributed by atoms with Gasteiger partial charge in [0.15, 0.2) is 0 Å². The fourth-order valence-electron chi connectivity index (χ4n) is 1.56. The number of hydrogen-bond acceptors (Lipinski definition) is 4. The van der Waals surface area contributed by atoms with Crippen molar-refractivity contribution in [2.75, 3.05) is 6.54 Å². The van der Waals surface area contributed by atoms with E-state index in [-0.39, 0.29) is 0 Å². The van der Waals surface area contributed by atoms with Crippen LogP contribution in [0, 0.1) is 0 Å². The lowest BCUT2D eigenvalue weighted by Crippen LogP contribution is -2.13. The third kappa shape index (κ3) is 4.93. The van der Waals surface area contributed by atoms with E-state index in [9.17, 15) is 0 Å². The Bertz CT molecular complexity index is 498. The van der Waals surface area contributed by atoms with Gasteiger partial charge in [0, 0.05) is 16.4 Å². The Hall–Kier alpha value is -0.910. The molecular formula is C14H17BrN2OS. The van der Waals surface area contributed by atoms with Gasteiger partial charge in [-0.2, -0.15) is 0 Å². The molecule has 0 aliphatic heterocycles. The zero-order valence-electron chi connectivity index (χ0n) is 10.9. The molecule has 0 unspecified atom stereocenters. The maximum Gasteiger partial charge on any atom is 0.131 e. The van der Waals surface area contributed by atoms with E-state index in [4.69, 9.17) is 4.74 Å². The minimum atomic E-state index is 0.520. The second-order valence-electron chi connectivity index (χ2n) is 4.15. The van der Waals surface area contributed by atoms with Gasteiger partial charge < -0.3 is 10.1 Å². The number of aromatic nitrogens is 1. The molecule has 0 saturated heterocycles. The van der Waals surface area contributed by atoms with E-state index >= 15 is 0 Å². The van der Waals surface area contributed by atoms with Crippen LogP contribution in [0.1, 0.15) is 24.0 Å². The summed E-state index contributed by atoms with van der Waals surface area (Å²) in [5.41, 5.74) is 0.987. The Balaban J connectivity index is 1.81. The van der Waals surface area contributed by atoms with Gasteiger partial charge in [0.25, 0.3) is 0 Å². The highest BCUT2D eigenvalue weighted by atomic mass is 79.9. The molecule has 0 fully saturated rings. The molecule has 0 radical (unpaired) electrons. The molecule has 0 atom stereocenters. The first kappa shape index (κ1) is 14.5. The van der Waals surface area contributed by atoms with Crippen LogP contribution in [0.5, 0.6) is 5.75 Å². The van der Waals surface area contributed by atoms with Gasteiger partial charge in [-0.15, -0.1) is 11.3 Å². The van der Waals surface area contributed by atoms with Crippen LogP contribution in [-0.2, 0) is 13.2 Å². The van der Waals surface area contributed by atoms with Gasteiger partial charge in [-0.05, 0) is 37.2 Å². The highest BCUT2D eigenvalue weighted by molar-refractivity contribution is 9.10. The van der Waals surface area contributed by atoms with E-state index in [0.717, 1.165) is 40.4 Å². The molecule has 1 aromatic carbocycles. The monoisotopic (exact) mass is 340 g/mol. The molecule has 102 valence electrons. The van der Waals surface area contributed by atoms with Crippen LogP contribution >= 0.6 is 27.3 Å². The van der Waals surface area contributed by atoms with Gasteiger partial charge in [0.1, 0.15) is 17.4 Å². The smallest absolute Gasteiger partial charge is 0.131 e. The van der Waals surface area contributed by atoms with Crippen molar-refractivity contribution in [3.63, 3.8) is 0 Å². The van der Waals surface area contributed by atoms with Gasteiger partial charge in [-0.1, -0.05) is 22.9 Å². The fourth-order valence-corrected chi connectivity index (χ4v) is 2.57. The average molecular weight is 341 g/mol. The predicted octanol–water partition coefficient (Wildman–Crippen LogP) is 3.98. The second kappa shape index (κ2) is 7.62. The van der Waals surface area contributed by atoms with Crippen molar-refractivity contribution < 1.29 is 4.74 Å². The maximum absolute atomic E-state index is 5.69. The van der Waals surface area contributed by atoms with Crippen LogP contribution < -0.4 is 10.1 Å². The number of rotatable bonds is 7. The summed E-state index contributed by atoms with van der Waals surface area (Å²) in [4.78, 5) is 4.54. The summed E-state index contributed by atoms with van der Waals surface area (Å²) in [6.45, 7) is 4.55. The summed E-state index contributed by atoms with van der Waals surface area (Å²) in [7, 11) is 0. The van der Waals surface area contributed by atoms with Crippen molar-refractivity contribution in [2.45, 2.75) is 26.5 Å². The second-order valence-corrected chi connectivity index (χ2v) is 6.01. The van der Waals surface area contributed by atoms with Crippen LogP contribution in [0.4, 0.5) is 0 Å². The van der Waals surface area contributed by atoms with Crippen LogP contribution in [-0.4, -0.2) is 11.5 Å². The van der Waals surface area contributed by atoms with Crippen LogP contribution in [0.3, 0.4) is 0 Å². The Morgan fingerprint density at radius 3 is 2.84 bits per heavy atom. The lowest BCUT2D eigenvalue weighted by atomic mass is 10.3. The molecule has 1 heterocycles. The van der Waals surface area contributed by atoms with E-state index < -0.39 is 0 Å². The first-order valence-electron chi connectivity index (χ1n) is 6.30. The van der Waals surface area contributed by atoms with Crippen LogP contribution in [0.15, 0.2) is 34.1 Å². The molecule has 1 N–H and O–H groups in total. The number of ether oxygens (including phenoxy) is 1. The Morgan fingerprint density at radius 1 is 1.32 bits per heavy atom. The normalized spacial score (nSPS) is 10.6. The number of nitrogens with zero attached hydrogens (tertiary/aromatic N) is 1. The van der Waals surface area contributed by atoms with E-state index in [0.29, 0.717) is 6.61 Å². The quantitative estimate of drug-likeness (QED) is 0.774. The number of hydrogen-bond donors (Lipinski definition) is 1. The molecule has 19 heavy (non-hydrogen) atoms. The summed E-state index contributed by atoms with van der Waals surface area (Å²) < 4.78 is 6.74. The summed E-state index contributed by atoms with van der Waals surface area (Å²) in [5.74, 6) is 0.863. The summed E-state index contributed by atoms with van der Waals surface area (Å²) in [6, 6.07) is 7.83. The molecular weight excluding hydrogens is 324 g/mol. The molecule has 0 aliphatic rings. The lowest BCUT2D eigenvalue weighted by Gasteiger charge is -2.03. The average Bonchev–Trinajstić information content (AvgIpc) is 2.86. The topological polar surface area (TPSA) is 34.2 Å². The van der Waals surface area contributed by atoms with Crippen molar-refractivity contribution in [1.82, 2.24) is 10.3 Å². The Kier molecular flexibility index (Phi) is 5.82. The van der Waals surface area contributed by atoms with Gasteiger partial charge in [-0.25, -0.2) is 4.98 Å². The van der Waals surface area contributed by atoms with E-state index in [1.165, 1.54) is 0 Å². The minimum absolute atomic E-state index is 0.520. The highest BCUT2D eigenvalue weighted by Gasteiger charge is 2.02. The highest BCUT2D eigenvalue weighted by Crippen LogP contribution is 2.18. The molecule has 2 rings (SSSR count). The SMILES string of the molecule is CCCNCc1nc(COc2ccc(Br)cc2)cs1. The largest absolute Gasteiger partial charge is 0.487 e. The number of benzene rings is 1. The number of halogens is 1. The first-order chi connectivity index (χ1) is 9.28. The molecule has 0 spiro atoms. The first-order valence-corrected chi connectivity index (χ1v) is 7.97. The summed E-state index contributed by atoms with van der Waals surface area (Å²) in [6.07, 6.45) is 1.14. The zero-order chi connectivity index (χ0) is 13.5. The van der Waals surface area contributed by atoms with Gasteiger partial charge in [0.2, 0.25) is 0 Å². The minimum Gasteiger partial charge on any atom is -0.487 e. The molecule has 1 aromatic heterocycles. The molecule has 2 aromatic rings.